The van der Waals surface area contributed by atoms with Crippen LogP contribution in [0.25, 0.3) is 0 Å². The third-order valence-corrected chi connectivity index (χ3v) is 0.737. The zero-order valence-electron chi connectivity index (χ0n) is 4.74. The van der Waals surface area contributed by atoms with Gasteiger partial charge < -0.3 is 10.2 Å². The molecule has 9 heavy (non-hydrogen) atoms. The predicted molar refractivity (Wildman–Crippen MR) is 28.5 cm³/mol. The Morgan fingerprint density at radius 2 is 2.33 bits per heavy atom. The highest BCUT2D eigenvalue weighted by Crippen LogP contribution is 1.94. The standard InChI is InChI=1S/C5H7NO3/c6-2-1-4(7)3-5(8)9/h4,7H,1,3H2,(H,8,9)/t4-/m0/s1. The normalized spacial score (nSPS) is 12.0. The Balaban J connectivity index is 3.40. The van der Waals surface area contributed by atoms with Crippen molar-refractivity contribution >= 4 is 5.97 Å². The maximum Gasteiger partial charge on any atom is 0.306 e. The molecule has 0 unspecified atom stereocenters. The van der Waals surface area contributed by atoms with Crippen LogP contribution in [0.5, 0.6) is 0 Å². The molecule has 2 N–H and O–H groups in total. The number of rotatable bonds is 3. The number of carboxylic acids is 1. The first-order valence-electron chi connectivity index (χ1n) is 2.43. The lowest BCUT2D eigenvalue weighted by Crippen LogP contribution is -2.11. The van der Waals surface area contributed by atoms with Crippen molar-refractivity contribution in [3.05, 3.63) is 0 Å². The quantitative estimate of drug-likeness (QED) is 0.549. The number of aliphatic carboxylic acids is 1. The van der Waals surface area contributed by atoms with E-state index in [0.29, 0.717) is 0 Å². The molecule has 0 spiro atoms. The van der Waals surface area contributed by atoms with Crippen molar-refractivity contribution in [3.8, 4) is 6.07 Å². The number of hydrogen-bond acceptors (Lipinski definition) is 3. The van der Waals surface area contributed by atoms with Gasteiger partial charge in [0.2, 0.25) is 0 Å². The molecule has 50 valence electrons. The molecule has 1 atom stereocenters. The number of carboxylic acid groups (broad SMARTS) is 1. The van der Waals surface area contributed by atoms with Crippen LogP contribution in [-0.4, -0.2) is 22.3 Å². The Bertz CT molecular complexity index is 138. The van der Waals surface area contributed by atoms with Crippen LogP contribution >= 0.6 is 0 Å². The summed E-state index contributed by atoms with van der Waals surface area (Å²) >= 11 is 0. The van der Waals surface area contributed by atoms with Gasteiger partial charge in [-0.3, -0.25) is 4.79 Å². The smallest absolute Gasteiger partial charge is 0.306 e. The van der Waals surface area contributed by atoms with Crippen molar-refractivity contribution in [2.45, 2.75) is 18.9 Å². The molecule has 0 fully saturated rings. The van der Waals surface area contributed by atoms with Crippen molar-refractivity contribution in [2.75, 3.05) is 0 Å². The van der Waals surface area contributed by atoms with Gasteiger partial charge in [-0.15, -0.1) is 0 Å². The van der Waals surface area contributed by atoms with Gasteiger partial charge in [-0.05, 0) is 0 Å². The van der Waals surface area contributed by atoms with Crippen LogP contribution < -0.4 is 0 Å². The summed E-state index contributed by atoms with van der Waals surface area (Å²) in [7, 11) is 0. The first-order chi connectivity index (χ1) is 4.16. The fourth-order valence-electron chi connectivity index (χ4n) is 0.379. The molecule has 0 amide bonds. The lowest BCUT2D eigenvalue weighted by Gasteiger charge is -1.98. The number of nitriles is 1. The van der Waals surface area contributed by atoms with Crippen LogP contribution in [0.2, 0.25) is 0 Å². The molecule has 0 aromatic rings. The van der Waals surface area contributed by atoms with Crippen molar-refractivity contribution in [2.24, 2.45) is 0 Å². The number of aliphatic hydroxyl groups excluding tert-OH is 1. The second-order valence-electron chi connectivity index (χ2n) is 1.61. The van der Waals surface area contributed by atoms with Crippen LogP contribution in [0.4, 0.5) is 0 Å². The second-order valence-corrected chi connectivity index (χ2v) is 1.61. The number of aliphatic hydroxyl groups is 1. The Morgan fingerprint density at radius 1 is 1.78 bits per heavy atom. The van der Waals surface area contributed by atoms with E-state index < -0.39 is 12.1 Å². The molecule has 0 aromatic carbocycles. The highest BCUT2D eigenvalue weighted by molar-refractivity contribution is 5.67. The summed E-state index contributed by atoms with van der Waals surface area (Å²) in [6, 6.07) is 1.66. The molecule has 4 heteroatoms. The van der Waals surface area contributed by atoms with Crippen LogP contribution in [0.3, 0.4) is 0 Å². The first kappa shape index (κ1) is 7.92. The van der Waals surface area contributed by atoms with E-state index in [1.807, 2.05) is 0 Å². The third-order valence-electron chi connectivity index (χ3n) is 0.737. The van der Waals surface area contributed by atoms with Gasteiger partial charge >= 0.3 is 5.97 Å². The molecule has 0 bridgehead atoms. The van der Waals surface area contributed by atoms with Crippen LogP contribution in [0.15, 0.2) is 0 Å². The molecule has 0 aliphatic carbocycles. The molecular weight excluding hydrogens is 122 g/mol. The Morgan fingerprint density at radius 3 is 2.67 bits per heavy atom. The van der Waals surface area contributed by atoms with Gasteiger partial charge in [0.15, 0.2) is 0 Å². The maximum absolute atomic E-state index is 9.82. The predicted octanol–water partition coefficient (Wildman–Crippen LogP) is -0.264. The maximum atomic E-state index is 9.82. The van der Waals surface area contributed by atoms with E-state index in [1.54, 1.807) is 6.07 Å². The summed E-state index contributed by atoms with van der Waals surface area (Å²) in [6.45, 7) is 0. The van der Waals surface area contributed by atoms with Gasteiger partial charge in [0.25, 0.3) is 0 Å². The minimum Gasteiger partial charge on any atom is -0.481 e. The van der Waals surface area contributed by atoms with E-state index in [-0.39, 0.29) is 12.8 Å². The van der Waals surface area contributed by atoms with Crippen molar-refractivity contribution in [1.82, 2.24) is 0 Å². The average molecular weight is 129 g/mol. The fourth-order valence-corrected chi connectivity index (χ4v) is 0.379. The Labute approximate surface area is 52.3 Å². The van der Waals surface area contributed by atoms with Gasteiger partial charge in [0.1, 0.15) is 0 Å². The molecule has 0 saturated heterocycles. The van der Waals surface area contributed by atoms with E-state index in [2.05, 4.69) is 0 Å². The first-order valence-corrected chi connectivity index (χ1v) is 2.43. The molecule has 0 aromatic heterocycles. The summed E-state index contributed by atoms with van der Waals surface area (Å²) < 4.78 is 0. The number of nitrogens with zero attached hydrogens (tertiary/aromatic N) is 1. The summed E-state index contributed by atoms with van der Waals surface area (Å²) in [4.78, 5) is 9.82. The van der Waals surface area contributed by atoms with E-state index >= 15 is 0 Å². The van der Waals surface area contributed by atoms with E-state index in [9.17, 15) is 4.79 Å². The van der Waals surface area contributed by atoms with Crippen LogP contribution in [0, 0.1) is 11.3 Å². The zero-order valence-corrected chi connectivity index (χ0v) is 4.74. The van der Waals surface area contributed by atoms with Crippen molar-refractivity contribution in [1.29, 1.82) is 5.26 Å². The summed E-state index contributed by atoms with van der Waals surface area (Å²) in [6.07, 6.45) is -1.49. The minimum absolute atomic E-state index is 0.119. The molecule has 4 nitrogen and oxygen atoms in total. The minimum atomic E-state index is -1.09. The summed E-state index contributed by atoms with van der Waals surface area (Å²) in [5.74, 6) is -1.09. The Hall–Kier alpha value is -1.08. The van der Waals surface area contributed by atoms with E-state index in [1.165, 1.54) is 0 Å². The summed E-state index contributed by atoms with van der Waals surface area (Å²) in [5, 5.41) is 24.6. The molecule has 0 aliphatic rings. The highest BCUT2D eigenvalue weighted by Gasteiger charge is 2.07. The van der Waals surface area contributed by atoms with E-state index in [4.69, 9.17) is 15.5 Å². The van der Waals surface area contributed by atoms with Crippen molar-refractivity contribution < 1.29 is 15.0 Å². The zero-order chi connectivity index (χ0) is 7.28. The van der Waals surface area contributed by atoms with Gasteiger partial charge in [-0.25, -0.2) is 0 Å². The van der Waals surface area contributed by atoms with Gasteiger partial charge in [-0.1, -0.05) is 0 Å². The SMILES string of the molecule is N#CC[C@H](O)CC(=O)O. The van der Waals surface area contributed by atoms with Gasteiger partial charge in [-0.2, -0.15) is 5.26 Å². The van der Waals surface area contributed by atoms with Crippen LogP contribution in [-0.2, 0) is 4.79 Å². The number of hydrogen-bond donors (Lipinski definition) is 2. The summed E-state index contributed by atoms with van der Waals surface area (Å²) in [5.41, 5.74) is 0. The molecular formula is C5H7NO3. The topological polar surface area (TPSA) is 81.3 Å². The van der Waals surface area contributed by atoms with Crippen LogP contribution in [0.1, 0.15) is 12.8 Å². The van der Waals surface area contributed by atoms with Crippen molar-refractivity contribution in [3.63, 3.8) is 0 Å². The van der Waals surface area contributed by atoms with Gasteiger partial charge in [0.05, 0.1) is 25.0 Å². The molecule has 0 aliphatic heterocycles. The third kappa shape index (κ3) is 4.78. The highest BCUT2D eigenvalue weighted by atomic mass is 16.4. The fraction of sp³-hybridized carbons (Fsp3) is 0.600. The molecule has 0 heterocycles. The largest absolute Gasteiger partial charge is 0.481 e. The lowest BCUT2D eigenvalue weighted by molar-refractivity contribution is -0.139. The molecule has 0 radical (unpaired) electrons. The molecule has 0 rings (SSSR count). The monoisotopic (exact) mass is 129 g/mol. The van der Waals surface area contributed by atoms with E-state index in [0.717, 1.165) is 0 Å². The lowest BCUT2D eigenvalue weighted by atomic mass is 10.2. The number of carbonyl (C=O) groups is 1. The molecule has 0 saturated carbocycles. The second kappa shape index (κ2) is 3.87. The van der Waals surface area contributed by atoms with Gasteiger partial charge in [0, 0.05) is 0 Å². The average Bonchev–Trinajstić information content (AvgIpc) is 1.63. The Kier molecular flexibility index (Phi) is 3.40.